The fourth-order valence-electron chi connectivity index (χ4n) is 3.40. The molecule has 3 rings (SSSR count). The van der Waals surface area contributed by atoms with Gasteiger partial charge in [-0.2, -0.15) is 5.10 Å². The lowest BCUT2D eigenvalue weighted by molar-refractivity contribution is 0.266. The molecule has 0 radical (unpaired) electrons. The molecule has 1 aliphatic rings. The van der Waals surface area contributed by atoms with Gasteiger partial charge in [-0.15, -0.1) is 0 Å². The van der Waals surface area contributed by atoms with Crippen LogP contribution in [0.15, 0.2) is 29.4 Å². The number of guanidine groups is 1. The molecule has 0 saturated carbocycles. The summed E-state index contributed by atoms with van der Waals surface area (Å²) in [5.41, 5.74) is 3.23. The minimum absolute atomic E-state index is 0.724. The van der Waals surface area contributed by atoms with Gasteiger partial charge in [0.1, 0.15) is 0 Å². The van der Waals surface area contributed by atoms with Gasteiger partial charge >= 0.3 is 0 Å². The first-order chi connectivity index (χ1) is 12.1. The van der Waals surface area contributed by atoms with Crippen molar-refractivity contribution in [2.24, 2.45) is 10.9 Å². The molecule has 0 aliphatic carbocycles. The van der Waals surface area contributed by atoms with Gasteiger partial charge in [-0.3, -0.25) is 4.99 Å². The van der Waals surface area contributed by atoms with Crippen LogP contribution in [0.1, 0.15) is 36.7 Å². The maximum Gasteiger partial charge on any atom is 0.193 e. The van der Waals surface area contributed by atoms with Crippen LogP contribution in [0.5, 0.6) is 0 Å². The monoisotopic (exact) mass is 340 g/mol. The van der Waals surface area contributed by atoms with Crippen LogP contribution in [0.25, 0.3) is 5.82 Å². The molecule has 6 heteroatoms. The van der Waals surface area contributed by atoms with Crippen molar-refractivity contribution < 1.29 is 0 Å². The third-order valence-corrected chi connectivity index (χ3v) is 4.65. The highest BCUT2D eigenvalue weighted by atomic mass is 15.3. The Labute approximate surface area is 150 Å². The van der Waals surface area contributed by atoms with Gasteiger partial charge in [-0.1, -0.05) is 13.0 Å². The first kappa shape index (κ1) is 17.5. The summed E-state index contributed by atoms with van der Waals surface area (Å²) < 4.78 is 1.88. The Morgan fingerprint density at radius 2 is 2.20 bits per heavy atom. The van der Waals surface area contributed by atoms with Crippen molar-refractivity contribution in [2.45, 2.75) is 40.2 Å². The van der Waals surface area contributed by atoms with Gasteiger partial charge in [-0.25, -0.2) is 9.67 Å². The number of hydrogen-bond acceptors (Lipinski definition) is 3. The average molecular weight is 340 g/mol. The van der Waals surface area contributed by atoms with E-state index < -0.39 is 0 Å². The van der Waals surface area contributed by atoms with Crippen molar-refractivity contribution in [1.82, 2.24) is 25.0 Å². The largest absolute Gasteiger partial charge is 0.352 e. The Morgan fingerprint density at radius 3 is 2.80 bits per heavy atom. The summed E-state index contributed by atoms with van der Waals surface area (Å²) in [6.07, 6.45) is 4.46. The van der Waals surface area contributed by atoms with E-state index in [1.54, 1.807) is 0 Å². The first-order valence-corrected chi connectivity index (χ1v) is 9.01. The normalized spacial score (nSPS) is 18.5. The number of likely N-dealkylation sites (tertiary alicyclic amines) is 1. The van der Waals surface area contributed by atoms with Gasteiger partial charge in [0.25, 0.3) is 0 Å². The van der Waals surface area contributed by atoms with E-state index in [4.69, 9.17) is 0 Å². The van der Waals surface area contributed by atoms with Gasteiger partial charge in [-0.05, 0) is 50.3 Å². The molecule has 1 atom stereocenters. The third kappa shape index (κ3) is 4.18. The molecule has 6 nitrogen and oxygen atoms in total. The molecule has 1 unspecified atom stereocenters. The van der Waals surface area contributed by atoms with E-state index in [1.807, 2.05) is 37.8 Å². The number of nitrogens with one attached hydrogen (secondary N) is 1. The number of pyridine rings is 1. The SMILES string of the molecule is CN=C(NCc1ccc(-n2nc(C)cc2C)nc1)N1CCCC(C)C1. The number of piperidine rings is 1. The van der Waals surface area contributed by atoms with Crippen LogP contribution in [0.2, 0.25) is 0 Å². The van der Waals surface area contributed by atoms with Crippen molar-refractivity contribution in [1.29, 1.82) is 0 Å². The van der Waals surface area contributed by atoms with Crippen LogP contribution >= 0.6 is 0 Å². The number of nitrogens with zero attached hydrogens (tertiary/aromatic N) is 5. The fraction of sp³-hybridized carbons (Fsp3) is 0.526. The molecule has 0 amide bonds. The molecule has 1 fully saturated rings. The standard InChI is InChI=1S/C19H28N6/c1-14-6-5-9-24(13-14)19(20-4)22-12-17-7-8-18(21-11-17)25-16(3)10-15(2)23-25/h7-8,10-11,14H,5-6,9,12-13H2,1-4H3,(H,20,22). The Bertz CT molecular complexity index is 731. The van der Waals surface area contributed by atoms with Gasteiger partial charge in [0, 0.05) is 38.6 Å². The lowest BCUT2D eigenvalue weighted by atomic mass is 10.0. The van der Waals surface area contributed by atoms with E-state index in [2.05, 4.69) is 44.3 Å². The van der Waals surface area contributed by atoms with E-state index in [0.717, 1.165) is 54.3 Å². The predicted molar refractivity (Wildman–Crippen MR) is 101 cm³/mol. The first-order valence-electron chi connectivity index (χ1n) is 9.01. The molecule has 0 spiro atoms. The van der Waals surface area contributed by atoms with Gasteiger partial charge in [0.05, 0.1) is 5.69 Å². The third-order valence-electron chi connectivity index (χ3n) is 4.65. The molecule has 0 bridgehead atoms. The van der Waals surface area contributed by atoms with Crippen molar-refractivity contribution >= 4 is 5.96 Å². The number of rotatable bonds is 3. The summed E-state index contributed by atoms with van der Waals surface area (Å²) in [6, 6.07) is 6.17. The molecular formula is C19H28N6. The summed E-state index contributed by atoms with van der Waals surface area (Å²) in [6.45, 7) is 9.23. The van der Waals surface area contributed by atoms with Gasteiger partial charge in [0.2, 0.25) is 0 Å². The lowest BCUT2D eigenvalue weighted by Crippen LogP contribution is -2.45. The number of hydrogen-bond donors (Lipinski definition) is 1. The quantitative estimate of drug-likeness (QED) is 0.689. The Kier molecular flexibility index (Phi) is 5.36. The lowest BCUT2D eigenvalue weighted by Gasteiger charge is -2.33. The number of aryl methyl sites for hydroxylation is 2. The highest BCUT2D eigenvalue weighted by Crippen LogP contribution is 2.15. The summed E-state index contributed by atoms with van der Waals surface area (Å²) >= 11 is 0. The van der Waals surface area contributed by atoms with E-state index in [9.17, 15) is 0 Å². The second-order valence-electron chi connectivity index (χ2n) is 6.96. The number of aliphatic imine (C=N–C) groups is 1. The van der Waals surface area contributed by atoms with Crippen LogP contribution in [-0.2, 0) is 6.54 Å². The zero-order valence-corrected chi connectivity index (χ0v) is 15.7. The molecule has 134 valence electrons. The molecule has 1 saturated heterocycles. The van der Waals surface area contributed by atoms with Crippen LogP contribution in [0.3, 0.4) is 0 Å². The fourth-order valence-corrected chi connectivity index (χ4v) is 3.40. The zero-order chi connectivity index (χ0) is 17.8. The maximum atomic E-state index is 4.56. The highest BCUT2D eigenvalue weighted by molar-refractivity contribution is 5.79. The minimum atomic E-state index is 0.724. The summed E-state index contributed by atoms with van der Waals surface area (Å²) in [5.74, 6) is 2.56. The topological polar surface area (TPSA) is 58.3 Å². The number of aromatic nitrogens is 3. The van der Waals surface area contributed by atoms with Crippen molar-refractivity contribution in [3.8, 4) is 5.82 Å². The van der Waals surface area contributed by atoms with Gasteiger partial charge < -0.3 is 10.2 Å². The van der Waals surface area contributed by atoms with Crippen LogP contribution in [-0.4, -0.2) is 45.8 Å². The minimum Gasteiger partial charge on any atom is -0.352 e. The van der Waals surface area contributed by atoms with E-state index >= 15 is 0 Å². The molecule has 0 aromatic carbocycles. The van der Waals surface area contributed by atoms with Crippen LogP contribution in [0.4, 0.5) is 0 Å². The van der Waals surface area contributed by atoms with Crippen molar-refractivity contribution in [3.05, 3.63) is 41.3 Å². The predicted octanol–water partition coefficient (Wildman–Crippen LogP) is 2.69. The second-order valence-corrected chi connectivity index (χ2v) is 6.96. The zero-order valence-electron chi connectivity index (χ0n) is 15.7. The van der Waals surface area contributed by atoms with E-state index in [0.29, 0.717) is 0 Å². The molecule has 1 N–H and O–H groups in total. The van der Waals surface area contributed by atoms with Crippen molar-refractivity contribution in [3.63, 3.8) is 0 Å². The molecule has 1 aliphatic heterocycles. The second kappa shape index (κ2) is 7.68. The molecule has 2 aromatic heterocycles. The summed E-state index contributed by atoms with van der Waals surface area (Å²) in [7, 11) is 1.85. The highest BCUT2D eigenvalue weighted by Gasteiger charge is 2.19. The summed E-state index contributed by atoms with van der Waals surface area (Å²) in [5, 5.41) is 7.94. The Balaban J connectivity index is 1.62. The molecule has 3 heterocycles. The van der Waals surface area contributed by atoms with Gasteiger partial charge in [0.15, 0.2) is 11.8 Å². The average Bonchev–Trinajstić information content (AvgIpc) is 2.94. The van der Waals surface area contributed by atoms with Crippen LogP contribution < -0.4 is 5.32 Å². The summed E-state index contributed by atoms with van der Waals surface area (Å²) in [4.78, 5) is 11.3. The Hall–Kier alpha value is -2.37. The van der Waals surface area contributed by atoms with Crippen LogP contribution in [0, 0.1) is 19.8 Å². The Morgan fingerprint density at radius 1 is 1.36 bits per heavy atom. The van der Waals surface area contributed by atoms with Crippen molar-refractivity contribution in [2.75, 3.05) is 20.1 Å². The maximum absolute atomic E-state index is 4.56. The van der Waals surface area contributed by atoms with E-state index in [-0.39, 0.29) is 0 Å². The molecule has 2 aromatic rings. The molecular weight excluding hydrogens is 312 g/mol. The molecule has 25 heavy (non-hydrogen) atoms. The van der Waals surface area contributed by atoms with E-state index in [1.165, 1.54) is 12.8 Å². The smallest absolute Gasteiger partial charge is 0.193 e.